The van der Waals surface area contributed by atoms with E-state index in [1.54, 1.807) is 49.8 Å². The molecule has 0 radical (unpaired) electrons. The van der Waals surface area contributed by atoms with Crippen LogP contribution >= 0.6 is 0 Å². The predicted molar refractivity (Wildman–Crippen MR) is 109 cm³/mol. The Morgan fingerprint density at radius 2 is 1.93 bits per heavy atom. The fraction of sp³-hybridized carbons (Fsp3) is 0.150. The molecule has 0 saturated carbocycles. The van der Waals surface area contributed by atoms with Gasteiger partial charge in [0.05, 0.1) is 35.4 Å². The molecular formula is C20H20N4O3S. The first kappa shape index (κ1) is 18.1. The van der Waals surface area contributed by atoms with Gasteiger partial charge in [0.25, 0.3) is 10.0 Å². The minimum Gasteiger partial charge on any atom is -0.494 e. The van der Waals surface area contributed by atoms with Crippen LogP contribution in [0.3, 0.4) is 0 Å². The molecule has 4 aromatic rings. The zero-order valence-corrected chi connectivity index (χ0v) is 16.6. The van der Waals surface area contributed by atoms with Gasteiger partial charge in [-0.15, -0.1) is 0 Å². The summed E-state index contributed by atoms with van der Waals surface area (Å²) >= 11 is 0. The highest BCUT2D eigenvalue weighted by molar-refractivity contribution is 7.92. The van der Waals surface area contributed by atoms with Crippen molar-refractivity contribution >= 4 is 26.6 Å². The molecule has 144 valence electrons. The average molecular weight is 396 g/mol. The quantitative estimate of drug-likeness (QED) is 0.560. The van der Waals surface area contributed by atoms with E-state index in [1.165, 1.54) is 0 Å². The Kier molecular flexibility index (Phi) is 4.35. The van der Waals surface area contributed by atoms with Gasteiger partial charge in [-0.2, -0.15) is 0 Å². The van der Waals surface area contributed by atoms with E-state index in [0.29, 0.717) is 11.4 Å². The van der Waals surface area contributed by atoms with E-state index >= 15 is 0 Å². The van der Waals surface area contributed by atoms with E-state index in [0.717, 1.165) is 22.3 Å². The molecule has 0 aliphatic rings. The summed E-state index contributed by atoms with van der Waals surface area (Å²) in [6.07, 6.45) is 5.46. The van der Waals surface area contributed by atoms with Crippen LogP contribution in [0.25, 0.3) is 16.6 Å². The molecule has 0 fully saturated rings. The van der Waals surface area contributed by atoms with Crippen LogP contribution in [-0.2, 0) is 17.1 Å². The van der Waals surface area contributed by atoms with Crippen LogP contribution in [0.2, 0.25) is 0 Å². The summed E-state index contributed by atoms with van der Waals surface area (Å²) in [5.74, 6) is 0.538. The first-order chi connectivity index (χ1) is 13.4. The van der Waals surface area contributed by atoms with Gasteiger partial charge in [-0.25, -0.2) is 13.4 Å². The molecule has 2 aromatic heterocycles. The molecule has 0 saturated heterocycles. The standard InChI is InChI=1S/C20H20N4O3S/c1-14-12-24(13-21-14)19-6-4-16(11-20(19)27-3)22-28(25,26)17-5-7-18-15(10-17)8-9-23(18)2/h4-13,22H,1-3H3. The van der Waals surface area contributed by atoms with Gasteiger partial charge in [0.15, 0.2) is 0 Å². The number of anilines is 1. The number of rotatable bonds is 5. The molecular weight excluding hydrogens is 376 g/mol. The molecule has 0 amide bonds. The van der Waals surface area contributed by atoms with Crippen LogP contribution in [-0.4, -0.2) is 29.6 Å². The van der Waals surface area contributed by atoms with Gasteiger partial charge in [0.1, 0.15) is 5.75 Å². The van der Waals surface area contributed by atoms with Gasteiger partial charge in [-0.1, -0.05) is 0 Å². The second-order valence-corrected chi connectivity index (χ2v) is 8.24. The summed E-state index contributed by atoms with van der Waals surface area (Å²) in [7, 11) is -0.261. The molecule has 8 heteroatoms. The predicted octanol–water partition coefficient (Wildman–Crippen LogP) is 3.48. The molecule has 0 aliphatic heterocycles. The number of fused-ring (bicyclic) bond motifs is 1. The highest BCUT2D eigenvalue weighted by Crippen LogP contribution is 2.29. The summed E-state index contributed by atoms with van der Waals surface area (Å²) < 4.78 is 37.5. The largest absolute Gasteiger partial charge is 0.494 e. The lowest BCUT2D eigenvalue weighted by Crippen LogP contribution is -2.13. The average Bonchev–Trinajstić information content (AvgIpc) is 3.27. The number of nitrogens with zero attached hydrogens (tertiary/aromatic N) is 3. The number of nitrogens with one attached hydrogen (secondary N) is 1. The molecule has 0 spiro atoms. The Labute approximate surface area is 163 Å². The Balaban J connectivity index is 1.67. The van der Waals surface area contributed by atoms with Gasteiger partial charge in [-0.3, -0.25) is 4.72 Å². The number of sulfonamides is 1. The zero-order chi connectivity index (χ0) is 19.9. The Hall–Kier alpha value is -3.26. The topological polar surface area (TPSA) is 78.1 Å². The van der Waals surface area contributed by atoms with Crippen molar-refractivity contribution in [2.45, 2.75) is 11.8 Å². The lowest BCUT2D eigenvalue weighted by Gasteiger charge is -2.13. The van der Waals surface area contributed by atoms with Gasteiger partial charge in [-0.05, 0) is 43.3 Å². The van der Waals surface area contributed by atoms with Crippen molar-refractivity contribution in [2.75, 3.05) is 11.8 Å². The maximum atomic E-state index is 12.8. The van der Waals surface area contributed by atoms with E-state index in [1.807, 2.05) is 41.6 Å². The van der Waals surface area contributed by atoms with Crippen LogP contribution in [0, 0.1) is 6.92 Å². The first-order valence-corrected chi connectivity index (χ1v) is 10.1. The third-order valence-corrected chi connectivity index (χ3v) is 5.97. The van der Waals surface area contributed by atoms with Crippen molar-refractivity contribution in [1.82, 2.24) is 14.1 Å². The first-order valence-electron chi connectivity index (χ1n) is 8.64. The van der Waals surface area contributed by atoms with E-state index in [4.69, 9.17) is 4.74 Å². The van der Waals surface area contributed by atoms with Crippen LogP contribution in [0.15, 0.2) is 66.1 Å². The van der Waals surface area contributed by atoms with Gasteiger partial charge >= 0.3 is 0 Å². The van der Waals surface area contributed by atoms with Gasteiger partial charge in [0.2, 0.25) is 0 Å². The van der Waals surface area contributed by atoms with Crippen LogP contribution in [0.1, 0.15) is 5.69 Å². The smallest absolute Gasteiger partial charge is 0.261 e. The molecule has 0 atom stereocenters. The van der Waals surface area contributed by atoms with Crippen molar-refractivity contribution in [2.24, 2.45) is 7.05 Å². The summed E-state index contributed by atoms with van der Waals surface area (Å²) in [5, 5.41) is 0.869. The zero-order valence-electron chi connectivity index (χ0n) is 15.7. The number of hydrogen-bond acceptors (Lipinski definition) is 4. The molecule has 28 heavy (non-hydrogen) atoms. The summed E-state index contributed by atoms with van der Waals surface area (Å²) in [4.78, 5) is 4.42. The van der Waals surface area contributed by atoms with Crippen molar-refractivity contribution in [3.8, 4) is 11.4 Å². The number of methoxy groups -OCH3 is 1. The van der Waals surface area contributed by atoms with Crippen molar-refractivity contribution < 1.29 is 13.2 Å². The number of aromatic nitrogens is 3. The molecule has 0 unspecified atom stereocenters. The van der Waals surface area contributed by atoms with E-state index in [-0.39, 0.29) is 4.90 Å². The Morgan fingerprint density at radius 1 is 1.11 bits per heavy atom. The molecule has 2 heterocycles. The second kappa shape index (κ2) is 6.72. The maximum absolute atomic E-state index is 12.8. The van der Waals surface area contributed by atoms with Crippen molar-refractivity contribution in [3.63, 3.8) is 0 Å². The molecule has 0 bridgehead atoms. The maximum Gasteiger partial charge on any atom is 0.261 e. The second-order valence-electron chi connectivity index (χ2n) is 6.56. The Morgan fingerprint density at radius 3 is 2.64 bits per heavy atom. The van der Waals surface area contributed by atoms with Crippen LogP contribution < -0.4 is 9.46 Å². The van der Waals surface area contributed by atoms with Crippen molar-refractivity contribution in [1.29, 1.82) is 0 Å². The summed E-state index contributed by atoms with van der Waals surface area (Å²) in [5.41, 5.74) is 3.05. The number of benzene rings is 2. The molecule has 4 rings (SSSR count). The summed E-state index contributed by atoms with van der Waals surface area (Å²) in [6, 6.07) is 12.1. The Bertz CT molecular complexity index is 1270. The lowest BCUT2D eigenvalue weighted by molar-refractivity contribution is 0.413. The minimum absolute atomic E-state index is 0.208. The number of imidazole rings is 1. The fourth-order valence-corrected chi connectivity index (χ4v) is 4.23. The van der Waals surface area contributed by atoms with E-state index < -0.39 is 10.0 Å². The molecule has 1 N–H and O–H groups in total. The molecule has 2 aromatic carbocycles. The van der Waals surface area contributed by atoms with Crippen LogP contribution in [0.5, 0.6) is 5.75 Å². The van der Waals surface area contributed by atoms with Crippen LogP contribution in [0.4, 0.5) is 5.69 Å². The molecule has 7 nitrogen and oxygen atoms in total. The fourth-order valence-electron chi connectivity index (χ4n) is 3.15. The number of hydrogen-bond donors (Lipinski definition) is 1. The van der Waals surface area contributed by atoms with Gasteiger partial charge in [0, 0.05) is 36.4 Å². The third kappa shape index (κ3) is 3.22. The lowest BCUT2D eigenvalue weighted by atomic mass is 10.2. The van der Waals surface area contributed by atoms with E-state index in [9.17, 15) is 8.42 Å². The minimum atomic E-state index is -3.73. The number of aryl methyl sites for hydroxylation is 2. The highest BCUT2D eigenvalue weighted by atomic mass is 32.2. The SMILES string of the molecule is COc1cc(NS(=O)(=O)c2ccc3c(ccn3C)c2)ccc1-n1cnc(C)c1. The summed E-state index contributed by atoms with van der Waals surface area (Å²) in [6.45, 7) is 1.90. The van der Waals surface area contributed by atoms with Gasteiger partial charge < -0.3 is 13.9 Å². The monoisotopic (exact) mass is 396 g/mol. The third-order valence-electron chi connectivity index (χ3n) is 4.59. The molecule has 0 aliphatic carbocycles. The van der Waals surface area contributed by atoms with Crippen molar-refractivity contribution in [3.05, 3.63) is 66.9 Å². The number of ether oxygens (including phenoxy) is 1. The highest BCUT2D eigenvalue weighted by Gasteiger charge is 2.17. The normalized spacial score (nSPS) is 11.7. The van der Waals surface area contributed by atoms with E-state index in [2.05, 4.69) is 9.71 Å².